The number of carbonyl (C=O) groups is 2. The number of alkyl carbamates (subject to hydrolysis) is 1. The number of nitro groups is 1. The summed E-state index contributed by atoms with van der Waals surface area (Å²) in [6, 6.07) is 2.33. The van der Waals surface area contributed by atoms with Gasteiger partial charge in [0, 0.05) is 18.1 Å². The summed E-state index contributed by atoms with van der Waals surface area (Å²) in [7, 11) is 0. The van der Waals surface area contributed by atoms with Crippen molar-refractivity contribution in [3.8, 4) is 0 Å². The van der Waals surface area contributed by atoms with E-state index in [2.05, 4.69) is 19.2 Å². The lowest BCUT2D eigenvalue weighted by Gasteiger charge is -2.33. The number of hydrogen-bond donors (Lipinski definition) is 1. The molecule has 1 aromatic carbocycles. The highest BCUT2D eigenvalue weighted by Gasteiger charge is 2.33. The average Bonchev–Trinajstić information content (AvgIpc) is 2.59. The van der Waals surface area contributed by atoms with E-state index in [4.69, 9.17) is 9.47 Å². The molecule has 2 rings (SSSR count). The molecule has 0 fully saturated rings. The summed E-state index contributed by atoms with van der Waals surface area (Å²) < 4.78 is 10.3. The topological polar surface area (TPSA) is 108 Å². The lowest BCUT2D eigenvalue weighted by Crippen LogP contribution is -2.45. The number of ether oxygens (including phenoxy) is 2. The summed E-state index contributed by atoms with van der Waals surface area (Å²) in [6.45, 7) is 11.1. The fourth-order valence-corrected chi connectivity index (χ4v) is 3.81. The molecule has 0 aromatic heterocycles. The molecule has 8 heteroatoms. The molecule has 0 saturated heterocycles. The number of carbonyl (C=O) groups excluding carboxylic acids is 2. The Morgan fingerprint density at radius 3 is 2.53 bits per heavy atom. The highest BCUT2D eigenvalue weighted by atomic mass is 16.6. The quantitative estimate of drug-likeness (QED) is 0.420. The van der Waals surface area contributed by atoms with Crippen molar-refractivity contribution in [1.29, 1.82) is 0 Å². The number of amides is 1. The number of aryl methyl sites for hydroxylation is 1. The molecule has 0 spiro atoms. The zero-order valence-corrected chi connectivity index (χ0v) is 18.7. The third-order valence-corrected chi connectivity index (χ3v) is 5.16. The second kappa shape index (κ2) is 9.02. The molecule has 0 radical (unpaired) electrons. The van der Waals surface area contributed by atoms with Gasteiger partial charge < -0.3 is 14.8 Å². The number of hydrogen-bond acceptors (Lipinski definition) is 6. The van der Waals surface area contributed by atoms with Crippen molar-refractivity contribution in [1.82, 2.24) is 5.32 Å². The lowest BCUT2D eigenvalue weighted by molar-refractivity contribution is -0.385. The van der Waals surface area contributed by atoms with Gasteiger partial charge in [-0.2, -0.15) is 0 Å². The number of nitrogens with zero attached hydrogens (tertiary/aromatic N) is 1. The predicted octanol–water partition coefficient (Wildman–Crippen LogP) is 4.21. The van der Waals surface area contributed by atoms with E-state index >= 15 is 0 Å². The number of nitro benzene ring substituents is 1. The summed E-state index contributed by atoms with van der Waals surface area (Å²) in [4.78, 5) is 36.0. The van der Waals surface area contributed by atoms with Crippen LogP contribution >= 0.6 is 0 Å². The third kappa shape index (κ3) is 5.93. The fraction of sp³-hybridized carbons (Fsp3) is 0.636. The molecule has 0 saturated carbocycles. The molecule has 1 amide bonds. The van der Waals surface area contributed by atoms with Crippen molar-refractivity contribution in [2.45, 2.75) is 84.3 Å². The summed E-state index contributed by atoms with van der Waals surface area (Å²) in [5.41, 5.74) is 1.50. The zero-order chi connectivity index (χ0) is 22.7. The molecule has 0 heterocycles. The molecular formula is C22H32N2O6. The van der Waals surface area contributed by atoms with Crippen LogP contribution in [0.25, 0.3) is 0 Å². The highest BCUT2D eigenvalue weighted by molar-refractivity contribution is 5.82. The summed E-state index contributed by atoms with van der Waals surface area (Å²) in [6.07, 6.45) is 1.91. The SMILES string of the molecule is CCOC(=O)C(Cc1cc2c(cc1[N+](=O)[O-])CCCC2(C)C)NC(=O)OC(C)(C)C. The van der Waals surface area contributed by atoms with E-state index in [1.54, 1.807) is 33.8 Å². The lowest BCUT2D eigenvalue weighted by atomic mass is 9.72. The molecule has 1 N–H and O–H groups in total. The van der Waals surface area contributed by atoms with Gasteiger partial charge >= 0.3 is 12.1 Å². The van der Waals surface area contributed by atoms with E-state index in [-0.39, 0.29) is 24.1 Å². The van der Waals surface area contributed by atoms with E-state index < -0.39 is 28.6 Å². The van der Waals surface area contributed by atoms with Crippen LogP contribution in [0.4, 0.5) is 10.5 Å². The summed E-state index contributed by atoms with van der Waals surface area (Å²) >= 11 is 0. The van der Waals surface area contributed by atoms with E-state index in [1.165, 1.54) is 0 Å². The van der Waals surface area contributed by atoms with Gasteiger partial charge in [-0.25, -0.2) is 9.59 Å². The van der Waals surface area contributed by atoms with Gasteiger partial charge in [-0.15, -0.1) is 0 Å². The second-order valence-electron chi connectivity index (χ2n) is 9.29. The number of rotatable bonds is 6. The smallest absolute Gasteiger partial charge is 0.408 e. The molecule has 1 unspecified atom stereocenters. The second-order valence-corrected chi connectivity index (χ2v) is 9.29. The van der Waals surface area contributed by atoms with Gasteiger partial charge in [-0.05, 0) is 69.6 Å². The highest BCUT2D eigenvalue weighted by Crippen LogP contribution is 2.40. The number of fused-ring (bicyclic) bond motifs is 1. The monoisotopic (exact) mass is 420 g/mol. The zero-order valence-electron chi connectivity index (χ0n) is 18.7. The number of benzene rings is 1. The Hall–Kier alpha value is -2.64. The standard InChI is InChI=1S/C22H32N2O6/c1-7-29-19(25)17(23-20(26)30-21(2,3)4)12-15-11-16-14(13-18(15)24(27)28)9-8-10-22(16,5)6/h11,13,17H,7-10,12H2,1-6H3,(H,23,26). The van der Waals surface area contributed by atoms with Gasteiger partial charge in [-0.1, -0.05) is 13.8 Å². The molecule has 1 aromatic rings. The first-order valence-electron chi connectivity index (χ1n) is 10.3. The maximum absolute atomic E-state index is 12.5. The van der Waals surface area contributed by atoms with Crippen LogP contribution in [-0.4, -0.2) is 35.2 Å². The Kier molecular flexibility index (Phi) is 7.10. The molecule has 166 valence electrons. The predicted molar refractivity (Wildman–Crippen MR) is 113 cm³/mol. The van der Waals surface area contributed by atoms with E-state index in [9.17, 15) is 19.7 Å². The Morgan fingerprint density at radius 2 is 1.97 bits per heavy atom. The Bertz CT molecular complexity index is 826. The Balaban J connectivity index is 2.41. The van der Waals surface area contributed by atoms with Crippen LogP contribution in [0, 0.1) is 10.1 Å². The molecule has 0 bridgehead atoms. The van der Waals surface area contributed by atoms with Crippen LogP contribution in [0.2, 0.25) is 0 Å². The van der Waals surface area contributed by atoms with Crippen molar-refractivity contribution in [2.75, 3.05) is 6.61 Å². The van der Waals surface area contributed by atoms with Gasteiger partial charge in [0.25, 0.3) is 5.69 Å². The van der Waals surface area contributed by atoms with Crippen molar-refractivity contribution < 1.29 is 24.0 Å². The summed E-state index contributed by atoms with van der Waals surface area (Å²) in [5.74, 6) is -0.658. The average molecular weight is 421 g/mol. The molecule has 0 aliphatic heterocycles. The van der Waals surface area contributed by atoms with Gasteiger partial charge in [-0.3, -0.25) is 10.1 Å². The first-order chi connectivity index (χ1) is 13.8. The minimum atomic E-state index is -1.09. The molecular weight excluding hydrogens is 388 g/mol. The third-order valence-electron chi connectivity index (χ3n) is 5.16. The van der Waals surface area contributed by atoms with Gasteiger partial charge in [0.05, 0.1) is 11.5 Å². The Labute approximate surface area is 177 Å². The van der Waals surface area contributed by atoms with Crippen LogP contribution in [0.3, 0.4) is 0 Å². The molecule has 1 aliphatic rings. The molecule has 1 atom stereocenters. The molecule has 8 nitrogen and oxygen atoms in total. The van der Waals surface area contributed by atoms with Crippen LogP contribution < -0.4 is 5.32 Å². The first kappa shape index (κ1) is 23.6. The van der Waals surface area contributed by atoms with Crippen LogP contribution in [0.1, 0.15) is 71.1 Å². The van der Waals surface area contributed by atoms with Gasteiger partial charge in [0.1, 0.15) is 11.6 Å². The van der Waals surface area contributed by atoms with E-state index in [0.29, 0.717) is 5.56 Å². The number of nitrogens with one attached hydrogen (secondary N) is 1. The summed E-state index contributed by atoms with van der Waals surface area (Å²) in [5, 5.41) is 14.2. The number of esters is 1. The fourth-order valence-electron chi connectivity index (χ4n) is 3.81. The van der Waals surface area contributed by atoms with Crippen LogP contribution in [0.5, 0.6) is 0 Å². The normalized spacial score (nSPS) is 16.2. The van der Waals surface area contributed by atoms with E-state index in [1.807, 2.05) is 6.07 Å². The van der Waals surface area contributed by atoms with Crippen molar-refractivity contribution in [2.24, 2.45) is 0 Å². The van der Waals surface area contributed by atoms with Crippen LogP contribution in [-0.2, 0) is 32.5 Å². The largest absolute Gasteiger partial charge is 0.464 e. The molecule has 30 heavy (non-hydrogen) atoms. The van der Waals surface area contributed by atoms with Crippen molar-refractivity contribution in [3.05, 3.63) is 38.9 Å². The van der Waals surface area contributed by atoms with Gasteiger partial charge in [0.2, 0.25) is 0 Å². The molecule has 1 aliphatic carbocycles. The maximum atomic E-state index is 12.5. The van der Waals surface area contributed by atoms with Gasteiger partial charge in [0.15, 0.2) is 0 Å². The first-order valence-corrected chi connectivity index (χ1v) is 10.3. The minimum absolute atomic E-state index is 0.0493. The maximum Gasteiger partial charge on any atom is 0.408 e. The van der Waals surface area contributed by atoms with Crippen LogP contribution in [0.15, 0.2) is 12.1 Å². The minimum Gasteiger partial charge on any atom is -0.464 e. The van der Waals surface area contributed by atoms with Crippen molar-refractivity contribution >= 4 is 17.7 Å². The van der Waals surface area contributed by atoms with E-state index in [0.717, 1.165) is 30.4 Å². The Morgan fingerprint density at radius 1 is 1.30 bits per heavy atom. The van der Waals surface area contributed by atoms with Crippen molar-refractivity contribution in [3.63, 3.8) is 0 Å².